The van der Waals surface area contributed by atoms with Crippen molar-refractivity contribution >= 4 is 5.91 Å². The summed E-state index contributed by atoms with van der Waals surface area (Å²) in [5.41, 5.74) is 1.08. The second kappa shape index (κ2) is 6.79. The maximum Gasteiger partial charge on any atom is 0.226 e. The molecular formula is C18H26N2O3. The summed E-state index contributed by atoms with van der Waals surface area (Å²) < 4.78 is 10.8. The molecule has 3 rings (SSSR count). The van der Waals surface area contributed by atoms with E-state index in [-0.39, 0.29) is 17.9 Å². The molecule has 2 aliphatic rings. The van der Waals surface area contributed by atoms with Crippen LogP contribution in [0.15, 0.2) is 18.2 Å². The number of nitrogens with zero attached hydrogens (tertiary/aromatic N) is 1. The van der Waals surface area contributed by atoms with Crippen LogP contribution in [0.5, 0.6) is 11.5 Å². The van der Waals surface area contributed by atoms with Gasteiger partial charge in [0.15, 0.2) is 0 Å². The third kappa shape index (κ3) is 3.02. The Bertz CT molecular complexity index is 571. The van der Waals surface area contributed by atoms with Gasteiger partial charge in [0.2, 0.25) is 5.91 Å². The van der Waals surface area contributed by atoms with E-state index in [1.165, 1.54) is 0 Å². The Hall–Kier alpha value is -1.75. The molecule has 0 aliphatic carbocycles. The molecule has 0 spiro atoms. The highest BCUT2D eigenvalue weighted by molar-refractivity contribution is 5.80. The Balaban J connectivity index is 1.82. The Morgan fingerprint density at radius 3 is 2.70 bits per heavy atom. The lowest BCUT2D eigenvalue weighted by Gasteiger charge is -2.36. The standard InChI is InChI=1S/C18H26N2O3/c1-12(13-10-19-11-13)18(21)20-8-4-5-16(20)15-7-6-14(22-2)9-17(15)23-3/h6-7,9,12-13,16,19H,4-5,8,10-11H2,1-3H3. The molecule has 5 heteroatoms. The molecule has 1 amide bonds. The van der Waals surface area contributed by atoms with Crippen molar-refractivity contribution in [2.45, 2.75) is 25.8 Å². The minimum Gasteiger partial charge on any atom is -0.497 e. The maximum atomic E-state index is 12.9. The molecule has 2 aliphatic heterocycles. The van der Waals surface area contributed by atoms with Gasteiger partial charge in [-0.25, -0.2) is 0 Å². The van der Waals surface area contributed by atoms with E-state index in [1.807, 2.05) is 23.1 Å². The second-order valence-corrected chi connectivity index (χ2v) is 6.50. The molecule has 2 unspecified atom stereocenters. The van der Waals surface area contributed by atoms with Crippen LogP contribution < -0.4 is 14.8 Å². The van der Waals surface area contributed by atoms with E-state index in [4.69, 9.17) is 9.47 Å². The zero-order valence-electron chi connectivity index (χ0n) is 14.2. The molecule has 1 aromatic rings. The SMILES string of the molecule is COc1ccc(C2CCCN2C(=O)C(C)C2CNC2)c(OC)c1. The number of nitrogens with one attached hydrogen (secondary N) is 1. The second-order valence-electron chi connectivity index (χ2n) is 6.50. The first-order valence-electron chi connectivity index (χ1n) is 8.38. The number of hydrogen-bond donors (Lipinski definition) is 1. The molecule has 0 aromatic heterocycles. The van der Waals surface area contributed by atoms with Crippen molar-refractivity contribution in [2.75, 3.05) is 33.9 Å². The van der Waals surface area contributed by atoms with E-state index in [0.717, 1.165) is 49.5 Å². The average Bonchev–Trinajstić information content (AvgIpc) is 3.00. The lowest BCUT2D eigenvalue weighted by atomic mass is 9.87. The van der Waals surface area contributed by atoms with Gasteiger partial charge >= 0.3 is 0 Å². The van der Waals surface area contributed by atoms with Gasteiger partial charge in [-0.05, 0) is 44.0 Å². The van der Waals surface area contributed by atoms with E-state index < -0.39 is 0 Å². The quantitative estimate of drug-likeness (QED) is 0.904. The van der Waals surface area contributed by atoms with Gasteiger partial charge in [0.05, 0.1) is 20.3 Å². The van der Waals surface area contributed by atoms with Crippen molar-refractivity contribution < 1.29 is 14.3 Å². The number of rotatable bonds is 5. The van der Waals surface area contributed by atoms with Gasteiger partial charge in [-0.1, -0.05) is 6.92 Å². The molecule has 2 heterocycles. The molecule has 126 valence electrons. The fourth-order valence-corrected chi connectivity index (χ4v) is 3.58. The van der Waals surface area contributed by atoms with Gasteiger partial charge in [0, 0.05) is 24.1 Å². The molecule has 2 fully saturated rings. The van der Waals surface area contributed by atoms with Crippen LogP contribution in [0.4, 0.5) is 0 Å². The lowest BCUT2D eigenvalue weighted by molar-refractivity contribution is -0.138. The molecule has 5 nitrogen and oxygen atoms in total. The van der Waals surface area contributed by atoms with Crippen LogP contribution in [0, 0.1) is 11.8 Å². The van der Waals surface area contributed by atoms with Gasteiger partial charge in [0.1, 0.15) is 11.5 Å². The molecule has 0 bridgehead atoms. The maximum absolute atomic E-state index is 12.9. The number of hydrogen-bond acceptors (Lipinski definition) is 4. The van der Waals surface area contributed by atoms with Gasteiger partial charge in [0.25, 0.3) is 0 Å². The molecule has 0 radical (unpaired) electrons. The number of benzene rings is 1. The van der Waals surface area contributed by atoms with Crippen molar-refractivity contribution in [2.24, 2.45) is 11.8 Å². The minimum absolute atomic E-state index is 0.0843. The molecule has 0 saturated carbocycles. The average molecular weight is 318 g/mol. The van der Waals surface area contributed by atoms with Gasteiger partial charge in [-0.15, -0.1) is 0 Å². The predicted octanol–water partition coefficient (Wildman–Crippen LogP) is 2.22. The van der Waals surface area contributed by atoms with Crippen LogP contribution in [0.25, 0.3) is 0 Å². The van der Waals surface area contributed by atoms with Gasteiger partial charge in [-0.2, -0.15) is 0 Å². The van der Waals surface area contributed by atoms with Gasteiger partial charge < -0.3 is 19.7 Å². The highest BCUT2D eigenvalue weighted by atomic mass is 16.5. The fourth-order valence-electron chi connectivity index (χ4n) is 3.58. The number of carbonyl (C=O) groups excluding carboxylic acids is 1. The first kappa shape index (κ1) is 16.1. The number of likely N-dealkylation sites (tertiary alicyclic amines) is 1. The van der Waals surface area contributed by atoms with E-state index >= 15 is 0 Å². The largest absolute Gasteiger partial charge is 0.497 e. The van der Waals surface area contributed by atoms with E-state index in [0.29, 0.717) is 5.92 Å². The smallest absolute Gasteiger partial charge is 0.226 e. The Morgan fingerprint density at radius 1 is 1.30 bits per heavy atom. The van der Waals surface area contributed by atoms with Crippen LogP contribution in [0.3, 0.4) is 0 Å². The van der Waals surface area contributed by atoms with Crippen molar-refractivity contribution in [1.82, 2.24) is 10.2 Å². The zero-order valence-corrected chi connectivity index (χ0v) is 14.2. The summed E-state index contributed by atoms with van der Waals surface area (Å²) >= 11 is 0. The Morgan fingerprint density at radius 2 is 2.09 bits per heavy atom. The monoisotopic (exact) mass is 318 g/mol. The third-order valence-electron chi connectivity index (χ3n) is 5.25. The van der Waals surface area contributed by atoms with Gasteiger partial charge in [-0.3, -0.25) is 4.79 Å². The van der Waals surface area contributed by atoms with E-state index in [9.17, 15) is 4.79 Å². The van der Waals surface area contributed by atoms with E-state index in [1.54, 1.807) is 14.2 Å². The van der Waals surface area contributed by atoms with Crippen molar-refractivity contribution in [3.63, 3.8) is 0 Å². The van der Waals surface area contributed by atoms with Crippen LogP contribution in [0.1, 0.15) is 31.4 Å². The van der Waals surface area contributed by atoms with Crippen molar-refractivity contribution in [3.05, 3.63) is 23.8 Å². The number of ether oxygens (including phenoxy) is 2. The minimum atomic E-state index is 0.0843. The molecule has 1 N–H and O–H groups in total. The number of carbonyl (C=O) groups is 1. The van der Waals surface area contributed by atoms with Crippen molar-refractivity contribution in [3.8, 4) is 11.5 Å². The Kier molecular flexibility index (Phi) is 4.76. The van der Waals surface area contributed by atoms with Crippen molar-refractivity contribution in [1.29, 1.82) is 0 Å². The summed E-state index contributed by atoms with van der Waals surface area (Å²) in [4.78, 5) is 15.0. The van der Waals surface area contributed by atoms with Crippen LogP contribution in [-0.2, 0) is 4.79 Å². The highest BCUT2D eigenvalue weighted by Gasteiger charge is 2.37. The summed E-state index contributed by atoms with van der Waals surface area (Å²) in [5.74, 6) is 2.40. The summed E-state index contributed by atoms with van der Waals surface area (Å²) in [7, 11) is 3.32. The highest BCUT2D eigenvalue weighted by Crippen LogP contribution is 2.39. The lowest BCUT2D eigenvalue weighted by Crippen LogP contribution is -2.50. The number of methoxy groups -OCH3 is 2. The zero-order chi connectivity index (χ0) is 16.4. The fraction of sp³-hybridized carbons (Fsp3) is 0.611. The summed E-state index contributed by atoms with van der Waals surface area (Å²) in [5, 5.41) is 3.26. The Labute approximate surface area is 137 Å². The molecule has 2 atom stereocenters. The summed E-state index contributed by atoms with van der Waals surface area (Å²) in [6.07, 6.45) is 2.03. The molecular weight excluding hydrogens is 292 g/mol. The van der Waals surface area contributed by atoms with Crippen LogP contribution in [0.2, 0.25) is 0 Å². The molecule has 23 heavy (non-hydrogen) atoms. The summed E-state index contributed by atoms with van der Waals surface area (Å²) in [6, 6.07) is 5.98. The first-order chi connectivity index (χ1) is 11.2. The number of amides is 1. The normalized spacial score (nSPS) is 22.6. The predicted molar refractivity (Wildman–Crippen MR) is 88.8 cm³/mol. The summed E-state index contributed by atoms with van der Waals surface area (Å²) in [6.45, 7) is 4.81. The topological polar surface area (TPSA) is 50.8 Å². The third-order valence-corrected chi connectivity index (χ3v) is 5.25. The van der Waals surface area contributed by atoms with Crippen LogP contribution in [-0.4, -0.2) is 44.7 Å². The van der Waals surface area contributed by atoms with E-state index in [2.05, 4.69) is 12.2 Å². The molecule has 2 saturated heterocycles. The van der Waals surface area contributed by atoms with Crippen LogP contribution >= 0.6 is 0 Å². The first-order valence-corrected chi connectivity index (χ1v) is 8.38. The molecule has 1 aromatic carbocycles.